The average molecular weight is 292 g/mol. The first-order valence-corrected chi connectivity index (χ1v) is 6.61. The van der Waals surface area contributed by atoms with Crippen LogP contribution in [0.3, 0.4) is 0 Å². The van der Waals surface area contributed by atoms with E-state index in [1.54, 1.807) is 7.11 Å². The fraction of sp³-hybridized carbons (Fsp3) is 0.571. The van der Waals surface area contributed by atoms with E-state index in [2.05, 4.69) is 19.9 Å². The van der Waals surface area contributed by atoms with Crippen LogP contribution in [0.4, 0.5) is 0 Å². The van der Waals surface area contributed by atoms with Crippen LogP contribution in [0.5, 0.6) is 5.75 Å². The molecular formula is C14H23Cl2NO. The molecule has 0 bridgehead atoms. The summed E-state index contributed by atoms with van der Waals surface area (Å²) < 4.78 is 5.37. The van der Waals surface area contributed by atoms with E-state index in [9.17, 15) is 0 Å². The third kappa shape index (κ3) is 4.68. The molecule has 2 N–H and O–H groups in total. The van der Waals surface area contributed by atoms with Gasteiger partial charge in [0.05, 0.1) is 12.1 Å². The number of hydrogen-bond donors (Lipinski definition) is 1. The maximum Gasteiger partial charge on any atom is 0.140 e. The Bertz CT molecular complexity index is 369. The van der Waals surface area contributed by atoms with Crippen LogP contribution in [0.15, 0.2) is 12.1 Å². The molecule has 0 aliphatic heterocycles. The van der Waals surface area contributed by atoms with E-state index in [1.807, 2.05) is 6.07 Å². The molecule has 0 spiro atoms. The Balaban J connectivity index is 0.00000289. The Morgan fingerprint density at radius 2 is 2.00 bits per heavy atom. The zero-order valence-electron chi connectivity index (χ0n) is 11.3. The Labute approximate surface area is 121 Å². The highest BCUT2D eigenvalue weighted by molar-refractivity contribution is 6.32. The Morgan fingerprint density at radius 3 is 2.50 bits per heavy atom. The normalized spacial score (nSPS) is 11.8. The summed E-state index contributed by atoms with van der Waals surface area (Å²) in [6.45, 7) is 4.25. The number of hydrogen-bond acceptors (Lipinski definition) is 2. The van der Waals surface area contributed by atoms with Crippen molar-refractivity contribution in [1.82, 2.24) is 0 Å². The molecule has 1 aromatic rings. The van der Waals surface area contributed by atoms with Crippen LogP contribution in [0, 0.1) is 0 Å². The largest absolute Gasteiger partial charge is 0.495 e. The smallest absolute Gasteiger partial charge is 0.140 e. The molecule has 4 heteroatoms. The molecule has 1 unspecified atom stereocenters. The van der Waals surface area contributed by atoms with Crippen LogP contribution < -0.4 is 10.5 Å². The van der Waals surface area contributed by atoms with E-state index >= 15 is 0 Å². The van der Waals surface area contributed by atoms with E-state index in [1.165, 1.54) is 5.56 Å². The number of methoxy groups -OCH3 is 1. The summed E-state index contributed by atoms with van der Waals surface area (Å²) in [5.41, 5.74) is 8.39. The minimum absolute atomic E-state index is 0. The number of benzene rings is 1. The summed E-state index contributed by atoms with van der Waals surface area (Å²) >= 11 is 6.23. The Hall–Kier alpha value is -0.440. The van der Waals surface area contributed by atoms with Crippen molar-refractivity contribution in [2.24, 2.45) is 5.73 Å². The SMILES string of the molecule is CCCc1cc(Cl)c(OC)c(CC(N)CC)c1.Cl. The molecule has 2 nitrogen and oxygen atoms in total. The first-order valence-electron chi connectivity index (χ1n) is 6.23. The number of halogens is 2. The quantitative estimate of drug-likeness (QED) is 0.860. The van der Waals surface area contributed by atoms with Gasteiger partial charge in [-0.25, -0.2) is 0 Å². The van der Waals surface area contributed by atoms with Crippen molar-refractivity contribution in [2.75, 3.05) is 7.11 Å². The first-order chi connectivity index (χ1) is 8.12. The van der Waals surface area contributed by atoms with Gasteiger partial charge in [0.25, 0.3) is 0 Å². The minimum Gasteiger partial charge on any atom is -0.495 e. The summed E-state index contributed by atoms with van der Waals surface area (Å²) in [6.07, 6.45) is 3.93. The van der Waals surface area contributed by atoms with Crippen LogP contribution in [0.1, 0.15) is 37.8 Å². The number of ether oxygens (including phenoxy) is 1. The minimum atomic E-state index is 0. The van der Waals surface area contributed by atoms with Gasteiger partial charge in [-0.1, -0.05) is 37.9 Å². The van der Waals surface area contributed by atoms with Crippen molar-refractivity contribution in [1.29, 1.82) is 0 Å². The van der Waals surface area contributed by atoms with Crippen LogP contribution in [-0.4, -0.2) is 13.2 Å². The van der Waals surface area contributed by atoms with E-state index in [4.69, 9.17) is 22.1 Å². The van der Waals surface area contributed by atoms with Gasteiger partial charge in [0.2, 0.25) is 0 Å². The summed E-state index contributed by atoms with van der Waals surface area (Å²) in [5.74, 6) is 0.774. The molecule has 1 aromatic carbocycles. The lowest BCUT2D eigenvalue weighted by molar-refractivity contribution is 0.407. The van der Waals surface area contributed by atoms with Crippen molar-refractivity contribution in [3.63, 3.8) is 0 Å². The summed E-state index contributed by atoms with van der Waals surface area (Å²) in [5, 5.41) is 0.691. The average Bonchev–Trinajstić information content (AvgIpc) is 2.29. The summed E-state index contributed by atoms with van der Waals surface area (Å²) in [7, 11) is 1.65. The van der Waals surface area contributed by atoms with Crippen molar-refractivity contribution < 1.29 is 4.74 Å². The molecule has 0 amide bonds. The maximum absolute atomic E-state index is 6.23. The van der Waals surface area contributed by atoms with Gasteiger partial charge in [0, 0.05) is 6.04 Å². The lowest BCUT2D eigenvalue weighted by atomic mass is 9.99. The van der Waals surface area contributed by atoms with Gasteiger partial charge in [-0.05, 0) is 36.5 Å². The zero-order valence-corrected chi connectivity index (χ0v) is 12.9. The van der Waals surface area contributed by atoms with Gasteiger partial charge in [0.15, 0.2) is 0 Å². The lowest BCUT2D eigenvalue weighted by Gasteiger charge is -2.15. The third-order valence-corrected chi connectivity index (χ3v) is 3.21. The molecule has 0 fully saturated rings. The second-order valence-corrected chi connectivity index (χ2v) is 4.80. The van der Waals surface area contributed by atoms with Gasteiger partial charge in [0.1, 0.15) is 5.75 Å². The number of aryl methyl sites for hydroxylation is 1. The first kappa shape index (κ1) is 17.6. The van der Waals surface area contributed by atoms with E-state index < -0.39 is 0 Å². The predicted octanol–water partition coefficient (Wildman–Crippen LogP) is 4.00. The van der Waals surface area contributed by atoms with Crippen LogP contribution in [0.2, 0.25) is 5.02 Å². The van der Waals surface area contributed by atoms with Crippen LogP contribution in [0.25, 0.3) is 0 Å². The molecule has 104 valence electrons. The molecule has 18 heavy (non-hydrogen) atoms. The second-order valence-electron chi connectivity index (χ2n) is 4.39. The maximum atomic E-state index is 6.23. The van der Waals surface area contributed by atoms with Crippen LogP contribution in [-0.2, 0) is 12.8 Å². The zero-order chi connectivity index (χ0) is 12.8. The van der Waals surface area contributed by atoms with Crippen molar-refractivity contribution in [3.8, 4) is 5.75 Å². The van der Waals surface area contributed by atoms with Gasteiger partial charge in [-0.2, -0.15) is 0 Å². The molecule has 0 aliphatic rings. The molecule has 1 rings (SSSR count). The van der Waals surface area contributed by atoms with Gasteiger partial charge in [-0.3, -0.25) is 0 Å². The second kappa shape index (κ2) is 8.63. The fourth-order valence-electron chi connectivity index (χ4n) is 1.95. The lowest BCUT2D eigenvalue weighted by Crippen LogP contribution is -2.21. The predicted molar refractivity (Wildman–Crippen MR) is 81.2 cm³/mol. The molecule has 0 saturated carbocycles. The Kier molecular flexibility index (Phi) is 8.41. The van der Waals surface area contributed by atoms with Crippen molar-refractivity contribution in [3.05, 3.63) is 28.3 Å². The molecule has 0 aliphatic carbocycles. The molecule has 0 radical (unpaired) electrons. The number of rotatable bonds is 6. The highest BCUT2D eigenvalue weighted by Gasteiger charge is 2.12. The van der Waals surface area contributed by atoms with E-state index in [-0.39, 0.29) is 18.4 Å². The Morgan fingerprint density at radius 1 is 1.33 bits per heavy atom. The molecule has 0 saturated heterocycles. The number of nitrogens with two attached hydrogens (primary N) is 1. The van der Waals surface area contributed by atoms with Gasteiger partial charge >= 0.3 is 0 Å². The summed E-state index contributed by atoms with van der Waals surface area (Å²) in [6, 6.07) is 4.33. The van der Waals surface area contributed by atoms with Crippen molar-refractivity contribution >= 4 is 24.0 Å². The molecule has 1 atom stereocenters. The standard InChI is InChI=1S/C14H22ClNO.ClH/c1-4-6-10-7-11(9-12(16)5-2)14(17-3)13(15)8-10;/h7-8,12H,4-6,9,16H2,1-3H3;1H. The van der Waals surface area contributed by atoms with E-state index in [0.717, 1.165) is 37.0 Å². The molecule has 0 aromatic heterocycles. The summed E-state index contributed by atoms with van der Waals surface area (Å²) in [4.78, 5) is 0. The van der Waals surface area contributed by atoms with E-state index in [0.29, 0.717) is 5.02 Å². The van der Waals surface area contributed by atoms with Crippen LogP contribution >= 0.6 is 24.0 Å². The topological polar surface area (TPSA) is 35.2 Å². The van der Waals surface area contributed by atoms with Crippen molar-refractivity contribution in [2.45, 2.75) is 45.6 Å². The monoisotopic (exact) mass is 291 g/mol. The highest BCUT2D eigenvalue weighted by Crippen LogP contribution is 2.31. The van der Waals surface area contributed by atoms with Gasteiger partial charge < -0.3 is 10.5 Å². The van der Waals surface area contributed by atoms with Gasteiger partial charge in [-0.15, -0.1) is 12.4 Å². The molecule has 0 heterocycles. The molecular weight excluding hydrogens is 269 g/mol. The third-order valence-electron chi connectivity index (χ3n) is 2.93. The fourth-order valence-corrected chi connectivity index (χ4v) is 2.29. The highest BCUT2D eigenvalue weighted by atomic mass is 35.5.